The van der Waals surface area contributed by atoms with E-state index in [4.69, 9.17) is 9.47 Å². The first-order valence-corrected chi connectivity index (χ1v) is 13.1. The number of nitrogens with zero attached hydrogens (tertiary/aromatic N) is 2. The van der Waals surface area contributed by atoms with Crippen LogP contribution in [0.1, 0.15) is 20.3 Å². The monoisotopic (exact) mass is 514 g/mol. The molecule has 0 aromatic heterocycles. The van der Waals surface area contributed by atoms with E-state index in [1.807, 2.05) is 0 Å². The summed E-state index contributed by atoms with van der Waals surface area (Å²) in [4.78, 5) is 44.6. The summed E-state index contributed by atoms with van der Waals surface area (Å²) in [7, 11) is 1.57. The first-order valence-electron chi connectivity index (χ1n) is 12.2. The van der Waals surface area contributed by atoms with Crippen molar-refractivity contribution in [3.8, 4) is 5.75 Å². The van der Waals surface area contributed by atoms with Gasteiger partial charge in [-0.15, -0.1) is 18.3 Å². The van der Waals surface area contributed by atoms with Gasteiger partial charge < -0.3 is 24.4 Å². The van der Waals surface area contributed by atoms with Crippen molar-refractivity contribution in [1.82, 2.24) is 4.90 Å². The molecule has 8 nitrogen and oxygen atoms in total. The Kier molecular flexibility index (Phi) is 7.52. The van der Waals surface area contributed by atoms with Crippen molar-refractivity contribution in [2.75, 3.05) is 31.8 Å². The van der Waals surface area contributed by atoms with Crippen LogP contribution in [0.5, 0.6) is 5.75 Å². The second-order valence-corrected chi connectivity index (χ2v) is 11.2. The lowest BCUT2D eigenvalue weighted by atomic mass is 9.66. The van der Waals surface area contributed by atoms with Crippen molar-refractivity contribution < 1.29 is 29.0 Å². The van der Waals surface area contributed by atoms with Crippen LogP contribution in [-0.4, -0.2) is 76.7 Å². The lowest BCUT2D eigenvalue weighted by molar-refractivity contribution is -0.153. The molecule has 7 atom stereocenters. The van der Waals surface area contributed by atoms with Gasteiger partial charge in [-0.2, -0.15) is 0 Å². The van der Waals surface area contributed by atoms with Crippen molar-refractivity contribution in [2.24, 2.45) is 17.8 Å². The molecular formula is C27H34N2O6S. The lowest BCUT2D eigenvalue weighted by Crippen LogP contribution is -2.59. The second kappa shape index (κ2) is 10.3. The summed E-state index contributed by atoms with van der Waals surface area (Å²) in [5, 5.41) is 9.95. The number of ether oxygens (including phenoxy) is 2. The molecule has 2 amide bonds. The maximum Gasteiger partial charge on any atom is 0.311 e. The van der Waals surface area contributed by atoms with Crippen LogP contribution in [0.25, 0.3) is 0 Å². The van der Waals surface area contributed by atoms with Gasteiger partial charge in [0, 0.05) is 17.5 Å². The quantitative estimate of drug-likeness (QED) is 0.379. The fourth-order valence-corrected chi connectivity index (χ4v) is 8.56. The van der Waals surface area contributed by atoms with Crippen LogP contribution in [0.3, 0.4) is 0 Å². The number of anilines is 1. The zero-order valence-electron chi connectivity index (χ0n) is 21.0. The maximum atomic E-state index is 14.4. The SMILES string of the molecule is C=CCOC(=O)[C@@H]1[C@@H]2CC(C)C3(S2)C(C(=O)N(CC=C)c2ccc(OC)cc2)N([C@H](C)CO)C(=O)[C@H]13. The Balaban J connectivity index is 1.80. The fraction of sp³-hybridized carbons (Fsp3) is 0.519. The average molecular weight is 515 g/mol. The molecule has 1 N–H and O–H groups in total. The summed E-state index contributed by atoms with van der Waals surface area (Å²) in [5.41, 5.74) is 0.650. The molecule has 4 rings (SSSR count). The predicted molar refractivity (Wildman–Crippen MR) is 139 cm³/mol. The molecule has 3 heterocycles. The van der Waals surface area contributed by atoms with Crippen molar-refractivity contribution >= 4 is 35.2 Å². The highest BCUT2D eigenvalue weighted by Crippen LogP contribution is 2.69. The zero-order valence-corrected chi connectivity index (χ0v) is 21.8. The Morgan fingerprint density at radius 2 is 2.00 bits per heavy atom. The normalized spacial score (nSPS) is 31.1. The van der Waals surface area contributed by atoms with Crippen LogP contribution < -0.4 is 9.64 Å². The molecule has 9 heteroatoms. The van der Waals surface area contributed by atoms with Crippen LogP contribution >= 0.6 is 11.8 Å². The number of thioether (sulfide) groups is 1. The highest BCUT2D eigenvalue weighted by atomic mass is 32.2. The topological polar surface area (TPSA) is 96.4 Å². The summed E-state index contributed by atoms with van der Waals surface area (Å²) in [6, 6.07) is 5.70. The molecular weight excluding hydrogens is 480 g/mol. The van der Waals surface area contributed by atoms with E-state index in [1.165, 1.54) is 11.0 Å². The summed E-state index contributed by atoms with van der Waals surface area (Å²) in [6.07, 6.45) is 3.85. The standard InChI is InChI=1S/C27H34N2O6S/c1-6-12-28(18-8-10-19(34-5)11-9-18)25(32)23-27-16(3)14-20(36-27)21(26(33)35-13-7-2)22(27)24(31)29(23)17(4)15-30/h6-11,16-17,20-23,30H,1-2,12-15H2,3-5H3/t16?,17-,20+,21-,22+,23?,27?/m1/s1. The highest BCUT2D eigenvalue weighted by Gasteiger charge is 2.77. The average Bonchev–Trinajstić information content (AvgIpc) is 3.48. The number of aliphatic hydroxyl groups excluding tert-OH is 1. The van der Waals surface area contributed by atoms with Gasteiger partial charge in [-0.1, -0.05) is 25.7 Å². The van der Waals surface area contributed by atoms with Gasteiger partial charge in [0.05, 0.1) is 36.3 Å². The molecule has 0 aliphatic carbocycles. The number of esters is 1. The van der Waals surface area contributed by atoms with E-state index in [9.17, 15) is 19.5 Å². The molecule has 3 unspecified atom stereocenters. The van der Waals surface area contributed by atoms with E-state index in [0.717, 1.165) is 0 Å². The van der Waals surface area contributed by atoms with Gasteiger partial charge >= 0.3 is 5.97 Å². The minimum Gasteiger partial charge on any atom is -0.497 e. The van der Waals surface area contributed by atoms with Crippen LogP contribution in [-0.2, 0) is 19.1 Å². The number of methoxy groups -OCH3 is 1. The zero-order chi connectivity index (χ0) is 26.2. The summed E-state index contributed by atoms with van der Waals surface area (Å²) in [6.45, 7) is 11.2. The minimum absolute atomic E-state index is 0.0104. The van der Waals surface area contributed by atoms with Crippen LogP contribution in [0.2, 0.25) is 0 Å². The number of carbonyl (C=O) groups is 3. The minimum atomic E-state index is -0.846. The van der Waals surface area contributed by atoms with Crippen molar-refractivity contribution in [3.63, 3.8) is 0 Å². The van der Waals surface area contributed by atoms with Gasteiger partial charge in [0.1, 0.15) is 18.4 Å². The molecule has 0 saturated carbocycles. The molecule has 36 heavy (non-hydrogen) atoms. The molecule has 2 bridgehead atoms. The smallest absolute Gasteiger partial charge is 0.311 e. The summed E-state index contributed by atoms with van der Waals surface area (Å²) in [5.74, 6) is -1.62. The van der Waals surface area contributed by atoms with Gasteiger partial charge in [-0.3, -0.25) is 14.4 Å². The summed E-state index contributed by atoms with van der Waals surface area (Å²) >= 11 is 1.57. The van der Waals surface area contributed by atoms with Gasteiger partial charge in [-0.05, 0) is 43.5 Å². The number of carbonyl (C=O) groups excluding carboxylic acids is 3. The molecule has 3 aliphatic heterocycles. The number of amides is 2. The third-order valence-corrected chi connectivity index (χ3v) is 9.81. The van der Waals surface area contributed by atoms with Gasteiger partial charge in [0.15, 0.2) is 0 Å². The number of fused-ring (bicyclic) bond motifs is 1. The molecule has 1 aromatic carbocycles. The van der Waals surface area contributed by atoms with E-state index in [2.05, 4.69) is 20.1 Å². The number of likely N-dealkylation sites (tertiary alicyclic amines) is 1. The van der Waals surface area contributed by atoms with Gasteiger partial charge in [0.2, 0.25) is 5.91 Å². The second-order valence-electron chi connectivity index (χ2n) is 9.68. The number of hydrogen-bond acceptors (Lipinski definition) is 7. The third-order valence-electron chi connectivity index (χ3n) is 7.73. The van der Waals surface area contributed by atoms with E-state index in [-0.39, 0.29) is 42.7 Å². The highest BCUT2D eigenvalue weighted by molar-refractivity contribution is 8.02. The Morgan fingerprint density at radius 1 is 1.31 bits per heavy atom. The number of benzene rings is 1. The molecule has 3 fully saturated rings. The van der Waals surface area contributed by atoms with Crippen LogP contribution in [0.4, 0.5) is 5.69 Å². The number of aliphatic hydroxyl groups is 1. The number of hydrogen-bond donors (Lipinski definition) is 1. The maximum absolute atomic E-state index is 14.4. The van der Waals surface area contributed by atoms with Crippen LogP contribution in [0.15, 0.2) is 49.6 Å². The first kappa shape index (κ1) is 26.3. The van der Waals surface area contributed by atoms with Crippen LogP contribution in [0, 0.1) is 17.8 Å². The first-order chi connectivity index (χ1) is 17.3. The molecule has 3 aliphatic rings. The van der Waals surface area contributed by atoms with E-state index < -0.39 is 34.6 Å². The lowest BCUT2D eigenvalue weighted by Gasteiger charge is -2.41. The van der Waals surface area contributed by atoms with Gasteiger partial charge in [0.25, 0.3) is 5.91 Å². The van der Waals surface area contributed by atoms with E-state index in [1.54, 1.807) is 61.0 Å². The van der Waals surface area contributed by atoms with E-state index >= 15 is 0 Å². The molecule has 194 valence electrons. The Labute approximate surface area is 216 Å². The third kappa shape index (κ3) is 3.93. The predicted octanol–water partition coefficient (Wildman–Crippen LogP) is 2.66. The Morgan fingerprint density at radius 3 is 2.58 bits per heavy atom. The van der Waals surface area contributed by atoms with E-state index in [0.29, 0.717) is 17.9 Å². The Bertz CT molecular complexity index is 1050. The molecule has 3 saturated heterocycles. The molecule has 1 spiro atoms. The van der Waals surface area contributed by atoms with Crippen molar-refractivity contribution in [1.29, 1.82) is 0 Å². The largest absolute Gasteiger partial charge is 0.497 e. The molecule has 1 aromatic rings. The summed E-state index contributed by atoms with van der Waals surface area (Å²) < 4.78 is 9.86. The van der Waals surface area contributed by atoms with Crippen molar-refractivity contribution in [2.45, 2.75) is 42.3 Å². The van der Waals surface area contributed by atoms with Gasteiger partial charge in [-0.25, -0.2) is 0 Å². The number of rotatable bonds is 10. The molecule has 0 radical (unpaired) electrons. The Hall–Kier alpha value is -2.78. The fourth-order valence-electron chi connectivity index (χ4n) is 6.17. The van der Waals surface area contributed by atoms with Crippen molar-refractivity contribution in [3.05, 3.63) is 49.6 Å².